The van der Waals surface area contributed by atoms with Crippen LogP contribution in [0.4, 0.5) is 0 Å². The first-order chi connectivity index (χ1) is 9.26. The number of rotatable bonds is 5. The minimum Gasteiger partial charge on any atom is -0.494 e. The van der Waals surface area contributed by atoms with Crippen LogP contribution in [-0.2, 0) is 0 Å². The van der Waals surface area contributed by atoms with Crippen molar-refractivity contribution in [1.29, 1.82) is 0 Å². The quantitative estimate of drug-likeness (QED) is 0.893. The van der Waals surface area contributed by atoms with Crippen molar-refractivity contribution in [3.05, 3.63) is 64.1 Å². The van der Waals surface area contributed by atoms with Gasteiger partial charge in [0.25, 0.3) is 0 Å². The Bertz CT molecular complexity index is 528. The lowest BCUT2D eigenvalue weighted by molar-refractivity contribution is 0.340. The van der Waals surface area contributed by atoms with E-state index < -0.39 is 0 Å². The molecule has 3 heteroatoms. The molecule has 2 aromatic rings. The molecule has 0 amide bonds. The fourth-order valence-corrected chi connectivity index (χ4v) is 2.73. The zero-order valence-electron chi connectivity index (χ0n) is 11.2. The maximum Gasteiger partial charge on any atom is 0.120 e. The zero-order valence-corrected chi connectivity index (χ0v) is 12.8. The fraction of sp³-hybridized carbons (Fsp3) is 0.250. The maximum absolute atomic E-state index is 5.51. The first-order valence-corrected chi connectivity index (χ1v) is 7.20. The summed E-state index contributed by atoms with van der Waals surface area (Å²) in [5.41, 5.74) is 2.45. The van der Waals surface area contributed by atoms with Gasteiger partial charge in [-0.3, -0.25) is 0 Å². The highest BCUT2D eigenvalue weighted by Gasteiger charge is 2.15. The van der Waals surface area contributed by atoms with E-state index in [4.69, 9.17) is 4.74 Å². The lowest BCUT2D eigenvalue weighted by Crippen LogP contribution is -2.18. The van der Waals surface area contributed by atoms with Crippen molar-refractivity contribution in [2.24, 2.45) is 0 Å². The van der Waals surface area contributed by atoms with E-state index in [1.165, 1.54) is 11.1 Å². The predicted molar refractivity (Wildman–Crippen MR) is 82.7 cm³/mol. The van der Waals surface area contributed by atoms with Crippen LogP contribution in [0, 0.1) is 0 Å². The second-order valence-electron chi connectivity index (χ2n) is 4.25. The minimum absolute atomic E-state index is 0.172. The van der Waals surface area contributed by atoms with E-state index in [0.29, 0.717) is 6.61 Å². The van der Waals surface area contributed by atoms with Crippen LogP contribution in [0.5, 0.6) is 5.75 Å². The molecule has 2 nitrogen and oxygen atoms in total. The molecule has 0 radical (unpaired) electrons. The average molecular weight is 320 g/mol. The van der Waals surface area contributed by atoms with Gasteiger partial charge in [-0.25, -0.2) is 0 Å². The summed E-state index contributed by atoms with van der Waals surface area (Å²) in [6.07, 6.45) is 0. The number of nitrogens with one attached hydrogen (secondary N) is 1. The highest BCUT2D eigenvalue weighted by Crippen LogP contribution is 2.31. The minimum atomic E-state index is 0.172. The Hall–Kier alpha value is -1.32. The normalized spacial score (nSPS) is 12.2. The van der Waals surface area contributed by atoms with E-state index in [1.807, 2.05) is 32.2 Å². The molecule has 0 saturated heterocycles. The number of benzene rings is 2. The molecule has 100 valence electrons. The van der Waals surface area contributed by atoms with Crippen molar-refractivity contribution in [2.45, 2.75) is 13.0 Å². The van der Waals surface area contributed by atoms with Gasteiger partial charge in [-0.15, -0.1) is 0 Å². The van der Waals surface area contributed by atoms with Gasteiger partial charge in [0.05, 0.1) is 12.6 Å². The third-order valence-corrected chi connectivity index (χ3v) is 3.70. The van der Waals surface area contributed by atoms with Gasteiger partial charge >= 0.3 is 0 Å². The van der Waals surface area contributed by atoms with Gasteiger partial charge in [0.2, 0.25) is 0 Å². The SMILES string of the molecule is CCOc1ccc(C(NC)c2ccccc2)c(Br)c1. The van der Waals surface area contributed by atoms with Crippen LogP contribution in [0.3, 0.4) is 0 Å². The van der Waals surface area contributed by atoms with E-state index in [2.05, 4.69) is 51.6 Å². The average Bonchev–Trinajstić information content (AvgIpc) is 2.43. The van der Waals surface area contributed by atoms with Crippen LogP contribution in [0.25, 0.3) is 0 Å². The van der Waals surface area contributed by atoms with Crippen molar-refractivity contribution in [3.63, 3.8) is 0 Å². The number of ether oxygens (including phenoxy) is 1. The molecule has 0 spiro atoms. The van der Waals surface area contributed by atoms with Crippen molar-refractivity contribution < 1.29 is 4.74 Å². The summed E-state index contributed by atoms with van der Waals surface area (Å²) < 4.78 is 6.57. The van der Waals surface area contributed by atoms with Crippen molar-refractivity contribution in [3.8, 4) is 5.75 Å². The number of hydrogen-bond acceptors (Lipinski definition) is 2. The molecular weight excluding hydrogens is 302 g/mol. The van der Waals surface area contributed by atoms with Gasteiger partial charge in [-0.05, 0) is 37.2 Å². The molecular formula is C16H18BrNO. The van der Waals surface area contributed by atoms with Crippen LogP contribution in [-0.4, -0.2) is 13.7 Å². The summed E-state index contributed by atoms with van der Waals surface area (Å²) in [6, 6.07) is 16.7. The van der Waals surface area contributed by atoms with E-state index in [1.54, 1.807) is 0 Å². The van der Waals surface area contributed by atoms with Crippen LogP contribution in [0.1, 0.15) is 24.1 Å². The standard InChI is InChI=1S/C16H18BrNO/c1-3-19-13-9-10-14(15(17)11-13)16(18-2)12-7-5-4-6-8-12/h4-11,16,18H,3H2,1-2H3. The van der Waals surface area contributed by atoms with Gasteiger partial charge in [-0.1, -0.05) is 52.3 Å². The van der Waals surface area contributed by atoms with Crippen LogP contribution in [0.15, 0.2) is 53.0 Å². The molecule has 0 heterocycles. The molecule has 1 atom stereocenters. The molecule has 1 N–H and O–H groups in total. The largest absolute Gasteiger partial charge is 0.494 e. The molecule has 1 unspecified atom stereocenters. The third-order valence-electron chi connectivity index (χ3n) is 3.02. The van der Waals surface area contributed by atoms with Gasteiger partial charge < -0.3 is 10.1 Å². The van der Waals surface area contributed by atoms with Crippen molar-refractivity contribution in [2.75, 3.05) is 13.7 Å². The molecule has 0 saturated carbocycles. The Balaban J connectivity index is 2.34. The fourth-order valence-electron chi connectivity index (χ4n) is 2.15. The molecule has 0 fully saturated rings. The Morgan fingerprint density at radius 2 is 1.89 bits per heavy atom. The van der Waals surface area contributed by atoms with Crippen molar-refractivity contribution >= 4 is 15.9 Å². The Morgan fingerprint density at radius 1 is 1.16 bits per heavy atom. The van der Waals surface area contributed by atoms with Crippen LogP contribution < -0.4 is 10.1 Å². The zero-order chi connectivity index (χ0) is 13.7. The lowest BCUT2D eigenvalue weighted by atomic mass is 9.99. The van der Waals surface area contributed by atoms with Gasteiger partial charge in [0.15, 0.2) is 0 Å². The molecule has 0 aliphatic heterocycles. The van der Waals surface area contributed by atoms with Crippen molar-refractivity contribution in [1.82, 2.24) is 5.32 Å². The summed E-state index contributed by atoms with van der Waals surface area (Å²) in [5.74, 6) is 0.890. The first-order valence-electron chi connectivity index (χ1n) is 6.40. The maximum atomic E-state index is 5.51. The van der Waals surface area contributed by atoms with E-state index in [0.717, 1.165) is 10.2 Å². The highest BCUT2D eigenvalue weighted by atomic mass is 79.9. The molecule has 2 aromatic carbocycles. The second kappa shape index (κ2) is 6.73. The second-order valence-corrected chi connectivity index (χ2v) is 5.10. The lowest BCUT2D eigenvalue weighted by Gasteiger charge is -2.19. The van der Waals surface area contributed by atoms with Gasteiger partial charge in [0.1, 0.15) is 5.75 Å². The Kier molecular flexibility index (Phi) is 5.00. The third kappa shape index (κ3) is 3.37. The smallest absolute Gasteiger partial charge is 0.120 e. The van der Waals surface area contributed by atoms with Gasteiger partial charge in [-0.2, -0.15) is 0 Å². The van der Waals surface area contributed by atoms with E-state index in [9.17, 15) is 0 Å². The monoisotopic (exact) mass is 319 g/mol. The summed E-state index contributed by atoms with van der Waals surface area (Å²) in [5, 5.41) is 3.36. The Morgan fingerprint density at radius 3 is 2.47 bits per heavy atom. The Labute approximate surface area is 122 Å². The number of halogens is 1. The molecule has 19 heavy (non-hydrogen) atoms. The van der Waals surface area contributed by atoms with E-state index in [-0.39, 0.29) is 6.04 Å². The highest BCUT2D eigenvalue weighted by molar-refractivity contribution is 9.10. The summed E-state index contributed by atoms with van der Waals surface area (Å²) in [6.45, 7) is 2.67. The molecule has 0 aliphatic carbocycles. The predicted octanol–water partition coefficient (Wildman–Crippen LogP) is 4.16. The topological polar surface area (TPSA) is 21.3 Å². The first kappa shape index (κ1) is 14.1. The van der Waals surface area contributed by atoms with Crippen LogP contribution >= 0.6 is 15.9 Å². The number of hydrogen-bond donors (Lipinski definition) is 1. The molecule has 0 aromatic heterocycles. The van der Waals surface area contributed by atoms with E-state index >= 15 is 0 Å². The van der Waals surface area contributed by atoms with Crippen LogP contribution in [0.2, 0.25) is 0 Å². The summed E-state index contributed by atoms with van der Waals surface area (Å²) >= 11 is 3.64. The molecule has 2 rings (SSSR count). The summed E-state index contributed by atoms with van der Waals surface area (Å²) in [7, 11) is 1.97. The van der Waals surface area contributed by atoms with Gasteiger partial charge in [0, 0.05) is 4.47 Å². The summed E-state index contributed by atoms with van der Waals surface area (Å²) in [4.78, 5) is 0. The molecule has 0 aliphatic rings. The molecule has 0 bridgehead atoms.